The van der Waals surface area contributed by atoms with Gasteiger partial charge in [-0.3, -0.25) is 43.9 Å². The molecule has 9 amide bonds. The monoisotopic (exact) mass is 1120 g/mol. The van der Waals surface area contributed by atoms with E-state index in [1.807, 2.05) is 50.8 Å². The molecule has 0 unspecified atom stereocenters. The van der Waals surface area contributed by atoms with Gasteiger partial charge in [0.25, 0.3) is 0 Å². The van der Waals surface area contributed by atoms with Crippen molar-refractivity contribution >= 4 is 53.3 Å². The van der Waals surface area contributed by atoms with Crippen LogP contribution in [0.15, 0.2) is 54.6 Å². The van der Waals surface area contributed by atoms with Crippen molar-refractivity contribution in [1.29, 1.82) is 0 Å². The molecule has 0 radical (unpaired) electrons. The van der Waals surface area contributed by atoms with Crippen LogP contribution in [0.3, 0.4) is 0 Å². The predicted octanol–water partition coefficient (Wildman–Crippen LogP) is 4.43. The van der Waals surface area contributed by atoms with Gasteiger partial charge in [0.2, 0.25) is 35.4 Å². The number of hydrogen-bond donors (Lipinski definition) is 8. The second-order valence-corrected chi connectivity index (χ2v) is 22.3. The third-order valence-electron chi connectivity index (χ3n) is 15.3. The SMILES string of the molecule is CC[C@H](C)[C@@H]([C@@H](CC(=O)N1CCC[C@H]1[C@H](OC)[C@@H](C)C(=O)N[C@H](C)[C@@H](O)c1ccccc1)OC)N(C)[C@H](C(=O)NC(=O)[C@H](C(C)C)N(C)C(=O)OCc1ccc(NC(=O)[C@H](CCCNC(N)=O)NC(=O)[C@@H](N)C(C)C)cc1)C(C)C. The number of likely N-dealkylation sites (N-methyl/N-ethyl adjacent to an activating group) is 2. The van der Waals surface area contributed by atoms with Crippen LogP contribution in [0.5, 0.6) is 0 Å². The largest absolute Gasteiger partial charge is 0.445 e. The number of benzene rings is 2. The number of imide groups is 1. The summed E-state index contributed by atoms with van der Waals surface area (Å²) in [6.07, 6.45) is -0.587. The number of aliphatic hydroxyl groups excluding tert-OH is 1. The molecule has 22 heteroatoms. The maximum atomic E-state index is 14.5. The predicted molar refractivity (Wildman–Crippen MR) is 305 cm³/mol. The lowest BCUT2D eigenvalue weighted by molar-refractivity contribution is -0.144. The van der Waals surface area contributed by atoms with Gasteiger partial charge in [0.15, 0.2) is 0 Å². The van der Waals surface area contributed by atoms with Crippen LogP contribution < -0.4 is 38.1 Å². The van der Waals surface area contributed by atoms with Gasteiger partial charge >= 0.3 is 12.1 Å². The molecule has 0 saturated carbocycles. The third kappa shape index (κ3) is 19.5. The number of amides is 9. The Balaban J connectivity index is 1.70. The fraction of sp³-hybridized carbons (Fsp3) is 0.655. The molecule has 0 aromatic heterocycles. The first-order chi connectivity index (χ1) is 37.7. The quantitative estimate of drug-likeness (QED) is 0.0485. The molecule has 0 spiro atoms. The molecule has 1 aliphatic rings. The summed E-state index contributed by atoms with van der Waals surface area (Å²) in [5.74, 6) is -4.50. The summed E-state index contributed by atoms with van der Waals surface area (Å²) in [5, 5.41) is 24.4. The Kier molecular flexibility index (Phi) is 28.0. The van der Waals surface area contributed by atoms with Crippen molar-refractivity contribution in [2.45, 2.75) is 175 Å². The van der Waals surface area contributed by atoms with E-state index in [4.69, 9.17) is 25.7 Å². The van der Waals surface area contributed by atoms with Gasteiger partial charge in [-0.1, -0.05) is 111 Å². The molecule has 0 bridgehead atoms. The second-order valence-electron chi connectivity index (χ2n) is 22.3. The Morgan fingerprint density at radius 2 is 1.39 bits per heavy atom. The Labute approximate surface area is 473 Å². The summed E-state index contributed by atoms with van der Waals surface area (Å²) < 4.78 is 17.7. The van der Waals surface area contributed by atoms with Crippen molar-refractivity contribution < 1.29 is 57.7 Å². The van der Waals surface area contributed by atoms with Crippen molar-refractivity contribution in [1.82, 2.24) is 36.0 Å². The summed E-state index contributed by atoms with van der Waals surface area (Å²) in [7, 11) is 6.27. The van der Waals surface area contributed by atoms with E-state index in [9.17, 15) is 43.5 Å². The number of hydrogen-bond acceptors (Lipinski definition) is 14. The lowest BCUT2D eigenvalue weighted by Crippen LogP contribution is -2.60. The highest BCUT2D eigenvalue weighted by molar-refractivity contribution is 6.01. The van der Waals surface area contributed by atoms with Gasteiger partial charge in [0.05, 0.1) is 54.8 Å². The topological polar surface area (TPSA) is 306 Å². The molecule has 1 heterocycles. The average molecular weight is 1120 g/mol. The van der Waals surface area contributed by atoms with Crippen molar-refractivity contribution in [2.24, 2.45) is 41.1 Å². The number of carbonyl (C=O) groups is 8. The molecule has 2 aromatic carbocycles. The van der Waals surface area contributed by atoms with Crippen LogP contribution in [0.25, 0.3) is 0 Å². The van der Waals surface area contributed by atoms with E-state index < -0.39 is 108 Å². The van der Waals surface area contributed by atoms with Crippen LogP contribution in [0.2, 0.25) is 0 Å². The third-order valence-corrected chi connectivity index (χ3v) is 15.3. The molecule has 80 heavy (non-hydrogen) atoms. The fourth-order valence-electron chi connectivity index (χ4n) is 10.5. The second kappa shape index (κ2) is 32.9. The Morgan fingerprint density at radius 3 is 1.94 bits per heavy atom. The number of nitrogens with zero attached hydrogens (tertiary/aromatic N) is 3. The summed E-state index contributed by atoms with van der Waals surface area (Å²) in [5.41, 5.74) is 12.8. The van der Waals surface area contributed by atoms with Crippen molar-refractivity contribution in [3.8, 4) is 0 Å². The molecule has 1 saturated heterocycles. The Morgan fingerprint density at radius 1 is 0.775 bits per heavy atom. The first-order valence-corrected chi connectivity index (χ1v) is 28.0. The van der Waals surface area contributed by atoms with Gasteiger partial charge in [-0.05, 0) is 86.6 Å². The average Bonchev–Trinajstić information content (AvgIpc) is 3.90. The molecule has 12 atom stereocenters. The first kappa shape index (κ1) is 68.1. The van der Waals surface area contributed by atoms with E-state index in [-0.39, 0.29) is 55.6 Å². The number of nitrogens with one attached hydrogen (secondary N) is 5. The van der Waals surface area contributed by atoms with Crippen LogP contribution in [0.1, 0.15) is 125 Å². The van der Waals surface area contributed by atoms with E-state index in [0.717, 1.165) is 4.90 Å². The number of primary amides is 1. The zero-order chi connectivity index (χ0) is 60.1. The van der Waals surface area contributed by atoms with Crippen LogP contribution in [-0.2, 0) is 49.6 Å². The van der Waals surface area contributed by atoms with E-state index in [1.165, 1.54) is 21.3 Å². The number of aliphatic hydroxyl groups is 1. The normalized spacial score (nSPS) is 17.7. The molecule has 1 fully saturated rings. The molecule has 2 aromatic rings. The highest BCUT2D eigenvalue weighted by Gasteiger charge is 2.44. The maximum absolute atomic E-state index is 14.5. The molecule has 1 aliphatic heterocycles. The van der Waals surface area contributed by atoms with Gasteiger partial charge in [-0.2, -0.15) is 0 Å². The van der Waals surface area contributed by atoms with E-state index in [0.29, 0.717) is 49.0 Å². The van der Waals surface area contributed by atoms with E-state index >= 15 is 0 Å². The minimum absolute atomic E-state index is 0.0337. The first-order valence-electron chi connectivity index (χ1n) is 28.0. The zero-order valence-corrected chi connectivity index (χ0v) is 49.7. The molecule has 10 N–H and O–H groups in total. The molecule has 448 valence electrons. The Bertz CT molecular complexity index is 2320. The van der Waals surface area contributed by atoms with E-state index in [2.05, 4.69) is 26.6 Å². The fourth-order valence-corrected chi connectivity index (χ4v) is 10.5. The Hall–Kier alpha value is -6.20. The number of urea groups is 1. The molecular formula is C58H94N10O12. The van der Waals surface area contributed by atoms with Crippen LogP contribution in [0, 0.1) is 29.6 Å². The number of likely N-dealkylation sites (tertiary alicyclic amines) is 1. The lowest BCUT2D eigenvalue weighted by Gasteiger charge is -2.43. The maximum Gasteiger partial charge on any atom is 0.410 e. The highest BCUT2D eigenvalue weighted by Crippen LogP contribution is 2.31. The zero-order valence-electron chi connectivity index (χ0n) is 49.7. The number of rotatable bonds is 31. The van der Waals surface area contributed by atoms with Crippen molar-refractivity contribution in [3.05, 3.63) is 65.7 Å². The van der Waals surface area contributed by atoms with E-state index in [1.54, 1.807) is 89.9 Å². The minimum atomic E-state index is -1.12. The number of ether oxygens (including phenoxy) is 3. The molecule has 22 nitrogen and oxygen atoms in total. The van der Waals surface area contributed by atoms with Crippen molar-refractivity contribution in [3.63, 3.8) is 0 Å². The molecule has 0 aliphatic carbocycles. The number of nitrogens with two attached hydrogens (primary N) is 2. The smallest absolute Gasteiger partial charge is 0.410 e. The number of anilines is 1. The van der Waals surface area contributed by atoms with Gasteiger partial charge in [0.1, 0.15) is 18.7 Å². The highest BCUT2D eigenvalue weighted by atomic mass is 16.6. The molecule has 3 rings (SSSR count). The van der Waals surface area contributed by atoms with Gasteiger partial charge < -0.3 is 57.0 Å². The summed E-state index contributed by atoms with van der Waals surface area (Å²) in [6.45, 7) is 18.8. The number of carbonyl (C=O) groups excluding carboxylic acids is 8. The van der Waals surface area contributed by atoms with Gasteiger partial charge in [-0.15, -0.1) is 0 Å². The van der Waals surface area contributed by atoms with Gasteiger partial charge in [-0.25, -0.2) is 9.59 Å². The molecular weight excluding hydrogens is 1030 g/mol. The van der Waals surface area contributed by atoms with Crippen LogP contribution in [0.4, 0.5) is 15.3 Å². The van der Waals surface area contributed by atoms with Crippen molar-refractivity contribution in [2.75, 3.05) is 46.7 Å². The summed E-state index contributed by atoms with van der Waals surface area (Å²) in [6, 6.07) is 9.58. The summed E-state index contributed by atoms with van der Waals surface area (Å²) in [4.78, 5) is 112. The van der Waals surface area contributed by atoms with Crippen LogP contribution >= 0.6 is 0 Å². The standard InChI is InChI=1S/C58H94N10O12/c1-15-36(8)49(44(78-13)31-45(69)68-30-20-24-43(68)51(79-14)37(9)52(71)62-38(10)50(70)40-21-17-16-18-22-40)66(11)47(34(4)5)55(74)65-56(75)48(35(6)7)67(12)58(77)80-32-39-25-27-41(28-26-39)63-53(72)42(23-19-29-61-57(60)76)64-54(73)46(59)33(2)3/h16-18,21-22,25-28,33-38,42-44,46-51,70H,15,19-20,23-24,29-32,59H2,1-14H3,(H,62,71)(H,63,72)(H,64,73)(H3,60,61,76)(H,65,74,75)/t36-,37+,38+,42-,43-,44+,46-,47-,48-,49-,50+,51+/m0/s1. The summed E-state index contributed by atoms with van der Waals surface area (Å²) >= 11 is 0. The van der Waals surface area contributed by atoms with Crippen LogP contribution in [-0.4, -0.2) is 163 Å². The number of methoxy groups -OCH3 is 2. The lowest BCUT2D eigenvalue weighted by atomic mass is 9.87. The van der Waals surface area contributed by atoms with Gasteiger partial charge in [0, 0.05) is 46.1 Å². The minimum Gasteiger partial charge on any atom is -0.445 e.